The average Bonchev–Trinajstić information content (AvgIpc) is 3.65. The molecule has 1 aliphatic carbocycles. The Kier molecular flexibility index (Phi) is 8.90. The number of nitrogens with zero attached hydrogens (tertiary/aromatic N) is 3. The van der Waals surface area contributed by atoms with Crippen LogP contribution in [0.15, 0.2) is 36.4 Å². The van der Waals surface area contributed by atoms with E-state index in [1.807, 2.05) is 48.2 Å². The van der Waals surface area contributed by atoms with E-state index in [1.165, 1.54) is 0 Å². The summed E-state index contributed by atoms with van der Waals surface area (Å²) in [7, 11) is 1.61. The molecule has 2 aromatic carbocycles. The molecule has 3 heterocycles. The number of carbonyl (C=O) groups is 2. The summed E-state index contributed by atoms with van der Waals surface area (Å²) in [5, 5.41) is 7.57. The van der Waals surface area contributed by atoms with Crippen molar-refractivity contribution >= 4 is 34.2 Å². The molecule has 3 aliphatic rings. The van der Waals surface area contributed by atoms with Crippen LogP contribution in [0.3, 0.4) is 0 Å². The maximum atomic E-state index is 12.3. The Morgan fingerprint density at radius 2 is 2.07 bits per heavy atom. The van der Waals surface area contributed by atoms with E-state index in [2.05, 4.69) is 21.5 Å². The molecule has 3 aromatic rings. The number of ether oxygens (including phenoxy) is 2. The Morgan fingerprint density at radius 3 is 2.88 bits per heavy atom. The van der Waals surface area contributed by atoms with Gasteiger partial charge in [0.2, 0.25) is 11.8 Å². The fourth-order valence-corrected chi connectivity index (χ4v) is 6.37. The fourth-order valence-electron chi connectivity index (χ4n) is 6.37. The summed E-state index contributed by atoms with van der Waals surface area (Å²) in [4.78, 5) is 36.1. The van der Waals surface area contributed by atoms with E-state index in [9.17, 15) is 9.59 Å². The van der Waals surface area contributed by atoms with Crippen LogP contribution < -0.4 is 31.0 Å². The lowest BCUT2D eigenvalue weighted by molar-refractivity contribution is -0.128. The van der Waals surface area contributed by atoms with Crippen molar-refractivity contribution < 1.29 is 19.1 Å². The predicted octanol–water partition coefficient (Wildman–Crippen LogP) is 4.10. The topological polar surface area (TPSA) is 130 Å². The highest BCUT2D eigenvalue weighted by atomic mass is 16.5. The number of nitrogens with one attached hydrogen (secondary N) is 4. The Hall–Kier alpha value is -3.96. The molecule has 2 aliphatic heterocycles. The van der Waals surface area contributed by atoms with Crippen molar-refractivity contribution in [2.75, 3.05) is 44.0 Å². The molecule has 2 saturated heterocycles. The standard InChI is InChI=1S/C32H41N7O4/c1-3-6-29(40)34-22-8-4-7-20(15-22)31-36-26-18-27(42-2)28(43-14-13-39-12-5-9-30(39)41)17-24(26)32(37-31)35-23-10-11-25-21(16-23)19-33-38-25/h4,7-8,15,17-18,21,23,25,33,38H,3,5-6,9-14,16,19H2,1-2H3,(H,34,40)(H,35,36,37). The third-order valence-electron chi connectivity index (χ3n) is 8.63. The summed E-state index contributed by atoms with van der Waals surface area (Å²) in [5.41, 5.74) is 8.96. The minimum Gasteiger partial charge on any atom is -0.493 e. The lowest BCUT2D eigenvalue weighted by Gasteiger charge is -2.32. The normalized spacial score (nSPS) is 21.6. The molecule has 2 amide bonds. The van der Waals surface area contributed by atoms with Gasteiger partial charge in [0.15, 0.2) is 17.3 Å². The Balaban J connectivity index is 1.32. The molecule has 0 bridgehead atoms. The van der Waals surface area contributed by atoms with Gasteiger partial charge in [0.05, 0.1) is 19.2 Å². The van der Waals surface area contributed by atoms with Gasteiger partial charge in [-0.1, -0.05) is 19.1 Å². The van der Waals surface area contributed by atoms with Crippen LogP contribution in [0.4, 0.5) is 11.5 Å². The molecular weight excluding hydrogens is 546 g/mol. The van der Waals surface area contributed by atoms with E-state index in [1.54, 1.807) is 7.11 Å². The minimum absolute atomic E-state index is 0.0145. The van der Waals surface area contributed by atoms with Gasteiger partial charge in [0.25, 0.3) is 0 Å². The molecule has 228 valence electrons. The molecule has 1 saturated carbocycles. The zero-order valence-corrected chi connectivity index (χ0v) is 24.9. The molecule has 0 spiro atoms. The molecular formula is C32H41N7O4. The Labute approximate surface area is 252 Å². The van der Waals surface area contributed by atoms with Crippen LogP contribution in [-0.4, -0.2) is 72.1 Å². The molecule has 11 nitrogen and oxygen atoms in total. The minimum atomic E-state index is -0.0145. The van der Waals surface area contributed by atoms with Crippen molar-refractivity contribution in [2.45, 2.75) is 64.0 Å². The molecule has 1 aromatic heterocycles. The smallest absolute Gasteiger partial charge is 0.224 e. The van der Waals surface area contributed by atoms with Crippen LogP contribution in [0.2, 0.25) is 0 Å². The summed E-state index contributed by atoms with van der Waals surface area (Å²) in [6, 6.07) is 12.2. The first-order valence-electron chi connectivity index (χ1n) is 15.5. The third kappa shape index (κ3) is 6.67. The molecule has 11 heteroatoms. The van der Waals surface area contributed by atoms with E-state index in [0.29, 0.717) is 61.0 Å². The number of amides is 2. The summed E-state index contributed by atoms with van der Waals surface area (Å²) >= 11 is 0. The number of hydrogen-bond donors (Lipinski definition) is 4. The van der Waals surface area contributed by atoms with E-state index in [-0.39, 0.29) is 17.9 Å². The van der Waals surface area contributed by atoms with Crippen molar-refractivity contribution in [1.82, 2.24) is 25.7 Å². The second-order valence-electron chi connectivity index (χ2n) is 11.7. The van der Waals surface area contributed by atoms with E-state index in [4.69, 9.17) is 19.4 Å². The molecule has 43 heavy (non-hydrogen) atoms. The predicted molar refractivity (Wildman–Crippen MR) is 166 cm³/mol. The number of fused-ring (bicyclic) bond motifs is 2. The number of methoxy groups -OCH3 is 1. The van der Waals surface area contributed by atoms with Crippen molar-refractivity contribution in [1.29, 1.82) is 0 Å². The molecule has 6 rings (SSSR count). The van der Waals surface area contributed by atoms with Crippen LogP contribution in [0.5, 0.6) is 11.5 Å². The van der Waals surface area contributed by atoms with Crippen molar-refractivity contribution in [3.8, 4) is 22.9 Å². The fraction of sp³-hybridized carbons (Fsp3) is 0.500. The number of anilines is 2. The molecule has 4 N–H and O–H groups in total. The lowest BCUT2D eigenvalue weighted by Crippen LogP contribution is -2.39. The number of carbonyl (C=O) groups excluding carboxylic acids is 2. The van der Waals surface area contributed by atoms with Crippen LogP contribution >= 0.6 is 0 Å². The number of hydrogen-bond acceptors (Lipinski definition) is 9. The van der Waals surface area contributed by atoms with Gasteiger partial charge in [-0.15, -0.1) is 0 Å². The van der Waals surface area contributed by atoms with Gasteiger partial charge >= 0.3 is 0 Å². The number of rotatable bonds is 11. The third-order valence-corrected chi connectivity index (χ3v) is 8.63. The Morgan fingerprint density at radius 1 is 1.16 bits per heavy atom. The summed E-state index contributed by atoms with van der Waals surface area (Å²) < 4.78 is 11.9. The van der Waals surface area contributed by atoms with Gasteiger partial charge < -0.3 is 25.0 Å². The monoisotopic (exact) mass is 587 g/mol. The molecule has 0 radical (unpaired) electrons. The molecule has 3 atom stereocenters. The van der Waals surface area contributed by atoms with Gasteiger partial charge in [-0.05, 0) is 56.2 Å². The lowest BCUT2D eigenvalue weighted by atomic mass is 9.83. The largest absolute Gasteiger partial charge is 0.493 e. The van der Waals surface area contributed by atoms with Crippen molar-refractivity contribution in [3.63, 3.8) is 0 Å². The summed E-state index contributed by atoms with van der Waals surface area (Å²) in [6.45, 7) is 4.64. The number of hydrazine groups is 1. The van der Waals surface area contributed by atoms with E-state index in [0.717, 1.165) is 67.5 Å². The zero-order valence-electron chi connectivity index (χ0n) is 24.9. The van der Waals surface area contributed by atoms with Gasteiger partial charge in [-0.3, -0.25) is 20.4 Å². The quantitative estimate of drug-likeness (QED) is 0.262. The maximum absolute atomic E-state index is 12.3. The first-order valence-corrected chi connectivity index (χ1v) is 15.5. The van der Waals surface area contributed by atoms with E-state index < -0.39 is 0 Å². The molecule has 3 fully saturated rings. The summed E-state index contributed by atoms with van der Waals surface area (Å²) in [5.74, 6) is 3.19. The van der Waals surface area contributed by atoms with Gasteiger partial charge in [-0.25, -0.2) is 9.97 Å². The van der Waals surface area contributed by atoms with Crippen LogP contribution in [-0.2, 0) is 9.59 Å². The highest BCUT2D eigenvalue weighted by Gasteiger charge is 2.34. The van der Waals surface area contributed by atoms with E-state index >= 15 is 0 Å². The van der Waals surface area contributed by atoms with Crippen LogP contribution in [0, 0.1) is 5.92 Å². The van der Waals surface area contributed by atoms with Crippen molar-refractivity contribution in [2.24, 2.45) is 5.92 Å². The van der Waals surface area contributed by atoms with Crippen LogP contribution in [0.25, 0.3) is 22.3 Å². The molecule has 3 unspecified atom stereocenters. The number of likely N-dealkylation sites (tertiary alicyclic amines) is 1. The number of benzene rings is 2. The number of aromatic nitrogens is 2. The second kappa shape index (κ2) is 13.1. The van der Waals surface area contributed by atoms with Crippen LogP contribution in [0.1, 0.15) is 51.9 Å². The van der Waals surface area contributed by atoms with Gasteiger partial charge in [0.1, 0.15) is 12.4 Å². The van der Waals surface area contributed by atoms with Gasteiger partial charge in [-0.2, -0.15) is 0 Å². The highest BCUT2D eigenvalue weighted by Crippen LogP contribution is 2.37. The first-order chi connectivity index (χ1) is 21.0. The zero-order chi connectivity index (χ0) is 29.8. The average molecular weight is 588 g/mol. The van der Waals surface area contributed by atoms with Crippen molar-refractivity contribution in [3.05, 3.63) is 36.4 Å². The second-order valence-corrected chi connectivity index (χ2v) is 11.7. The van der Waals surface area contributed by atoms with Gasteiger partial charge in [0, 0.05) is 60.7 Å². The Bertz CT molecular complexity index is 1480. The maximum Gasteiger partial charge on any atom is 0.224 e. The summed E-state index contributed by atoms with van der Waals surface area (Å²) in [6.07, 6.45) is 5.91. The highest BCUT2D eigenvalue weighted by molar-refractivity contribution is 5.94. The SMILES string of the molecule is CCCC(=O)Nc1cccc(-c2nc(NC3CCC4NNCC4C3)c3cc(OCCN4CCCC4=O)c(OC)cc3n2)c1. The first kappa shape index (κ1) is 29.1.